The minimum absolute atomic E-state index is 0.352. The Labute approximate surface area is 51.1 Å². The SMILES string of the molecule is CC[CH]N(C)C(C)O. The maximum absolute atomic E-state index is 8.85. The first-order chi connectivity index (χ1) is 3.68. The van der Waals surface area contributed by atoms with Gasteiger partial charge >= 0.3 is 0 Å². The summed E-state index contributed by atoms with van der Waals surface area (Å²) in [6.45, 7) is 5.73. The van der Waals surface area contributed by atoms with Crippen LogP contribution in [0.3, 0.4) is 0 Å². The smallest absolute Gasteiger partial charge is 0.104 e. The van der Waals surface area contributed by atoms with Crippen molar-refractivity contribution in [1.29, 1.82) is 0 Å². The second-order valence-electron chi connectivity index (χ2n) is 1.89. The first-order valence-electron chi connectivity index (χ1n) is 2.91. The molecule has 0 saturated heterocycles. The third-order valence-electron chi connectivity index (χ3n) is 1.06. The van der Waals surface area contributed by atoms with Crippen LogP contribution in [0.2, 0.25) is 0 Å². The number of aliphatic hydroxyl groups is 1. The fraction of sp³-hybridized carbons (Fsp3) is 0.833. The fourth-order valence-corrected chi connectivity index (χ4v) is 0.441. The van der Waals surface area contributed by atoms with E-state index in [1.54, 1.807) is 11.8 Å². The van der Waals surface area contributed by atoms with Gasteiger partial charge in [0.05, 0.1) is 0 Å². The third-order valence-corrected chi connectivity index (χ3v) is 1.06. The van der Waals surface area contributed by atoms with Crippen LogP contribution in [0.1, 0.15) is 20.3 Å². The molecule has 0 rings (SSSR count). The van der Waals surface area contributed by atoms with Crippen LogP contribution in [-0.2, 0) is 0 Å². The Bertz CT molecular complexity index is 54.5. The highest BCUT2D eigenvalue weighted by molar-refractivity contribution is 4.61. The lowest BCUT2D eigenvalue weighted by Crippen LogP contribution is -2.25. The average Bonchev–Trinajstić information content (AvgIpc) is 1.67. The van der Waals surface area contributed by atoms with E-state index in [-0.39, 0.29) is 6.23 Å². The number of hydrogen-bond acceptors (Lipinski definition) is 2. The first kappa shape index (κ1) is 7.92. The van der Waals surface area contributed by atoms with Gasteiger partial charge in [0.15, 0.2) is 0 Å². The van der Waals surface area contributed by atoms with Gasteiger partial charge in [-0.1, -0.05) is 6.92 Å². The molecule has 8 heavy (non-hydrogen) atoms. The maximum atomic E-state index is 8.85. The van der Waals surface area contributed by atoms with Crippen LogP contribution >= 0.6 is 0 Å². The molecule has 1 unspecified atom stereocenters. The van der Waals surface area contributed by atoms with Gasteiger partial charge in [-0.25, -0.2) is 0 Å². The molecule has 0 bridgehead atoms. The lowest BCUT2D eigenvalue weighted by molar-refractivity contribution is 0.0578. The summed E-state index contributed by atoms with van der Waals surface area (Å²) < 4.78 is 0. The van der Waals surface area contributed by atoms with Crippen LogP contribution < -0.4 is 0 Å². The normalized spacial score (nSPS) is 14.6. The van der Waals surface area contributed by atoms with E-state index in [9.17, 15) is 0 Å². The number of rotatable bonds is 3. The molecular weight excluding hydrogens is 102 g/mol. The van der Waals surface area contributed by atoms with Gasteiger partial charge in [0.25, 0.3) is 0 Å². The molecule has 0 aromatic heterocycles. The monoisotopic (exact) mass is 116 g/mol. The van der Waals surface area contributed by atoms with Crippen molar-refractivity contribution in [3.05, 3.63) is 6.54 Å². The molecule has 0 aromatic carbocycles. The number of aliphatic hydroxyl groups excluding tert-OH is 1. The molecule has 0 saturated carbocycles. The Morgan fingerprint density at radius 2 is 2.25 bits per heavy atom. The van der Waals surface area contributed by atoms with Crippen LogP contribution in [0, 0.1) is 6.54 Å². The third kappa shape index (κ3) is 2.99. The summed E-state index contributed by atoms with van der Waals surface area (Å²) in [4.78, 5) is 1.78. The summed E-state index contributed by atoms with van der Waals surface area (Å²) >= 11 is 0. The molecule has 1 radical (unpaired) electrons. The van der Waals surface area contributed by atoms with E-state index in [1.807, 2.05) is 20.5 Å². The molecule has 1 atom stereocenters. The van der Waals surface area contributed by atoms with Crippen molar-refractivity contribution in [2.75, 3.05) is 7.05 Å². The van der Waals surface area contributed by atoms with E-state index in [1.165, 1.54) is 0 Å². The lowest BCUT2D eigenvalue weighted by Gasteiger charge is -2.17. The predicted octanol–water partition coefficient (Wildman–Crippen LogP) is 0.828. The summed E-state index contributed by atoms with van der Waals surface area (Å²) in [5, 5.41) is 8.85. The number of hydrogen-bond donors (Lipinski definition) is 1. The second-order valence-corrected chi connectivity index (χ2v) is 1.89. The van der Waals surface area contributed by atoms with E-state index in [4.69, 9.17) is 5.11 Å². The molecule has 0 aliphatic carbocycles. The minimum atomic E-state index is -0.352. The van der Waals surface area contributed by atoms with Crippen molar-refractivity contribution in [1.82, 2.24) is 4.90 Å². The molecule has 1 N–H and O–H groups in total. The van der Waals surface area contributed by atoms with Crippen molar-refractivity contribution in [2.24, 2.45) is 0 Å². The van der Waals surface area contributed by atoms with Crippen molar-refractivity contribution in [2.45, 2.75) is 26.5 Å². The lowest BCUT2D eigenvalue weighted by atomic mass is 10.4. The van der Waals surface area contributed by atoms with E-state index < -0.39 is 0 Å². The summed E-state index contributed by atoms with van der Waals surface area (Å²) in [6, 6.07) is 0. The van der Waals surface area contributed by atoms with Gasteiger partial charge in [-0.3, -0.25) is 4.90 Å². The zero-order chi connectivity index (χ0) is 6.57. The highest BCUT2D eigenvalue weighted by Gasteiger charge is 2.00. The van der Waals surface area contributed by atoms with Crippen molar-refractivity contribution in [3.63, 3.8) is 0 Å². The quantitative estimate of drug-likeness (QED) is 0.552. The number of nitrogens with zero attached hydrogens (tertiary/aromatic N) is 1. The molecule has 2 nitrogen and oxygen atoms in total. The van der Waals surface area contributed by atoms with Gasteiger partial charge in [0.2, 0.25) is 0 Å². The molecule has 49 valence electrons. The van der Waals surface area contributed by atoms with Gasteiger partial charge < -0.3 is 5.11 Å². The zero-order valence-electron chi connectivity index (χ0n) is 5.76. The van der Waals surface area contributed by atoms with E-state index in [2.05, 4.69) is 0 Å². The maximum Gasteiger partial charge on any atom is 0.104 e. The average molecular weight is 116 g/mol. The van der Waals surface area contributed by atoms with Gasteiger partial charge in [0, 0.05) is 6.54 Å². The second kappa shape index (κ2) is 3.87. The van der Waals surface area contributed by atoms with E-state index in [0.717, 1.165) is 6.42 Å². The molecule has 0 heterocycles. The molecular formula is C6H14NO. The molecule has 0 amide bonds. The van der Waals surface area contributed by atoms with E-state index >= 15 is 0 Å². The highest BCUT2D eigenvalue weighted by atomic mass is 16.3. The van der Waals surface area contributed by atoms with Crippen LogP contribution in [0.4, 0.5) is 0 Å². The summed E-state index contributed by atoms with van der Waals surface area (Å²) in [6.07, 6.45) is 0.622. The van der Waals surface area contributed by atoms with E-state index in [0.29, 0.717) is 0 Å². The summed E-state index contributed by atoms with van der Waals surface area (Å²) in [7, 11) is 1.86. The Hall–Kier alpha value is -0.0800. The fourth-order valence-electron chi connectivity index (χ4n) is 0.441. The molecule has 0 spiro atoms. The molecule has 0 aromatic rings. The van der Waals surface area contributed by atoms with Gasteiger partial charge in [0.1, 0.15) is 6.23 Å². The van der Waals surface area contributed by atoms with Crippen molar-refractivity contribution < 1.29 is 5.11 Å². The van der Waals surface area contributed by atoms with Crippen LogP contribution in [-0.4, -0.2) is 23.3 Å². The molecule has 0 aliphatic heterocycles. The Morgan fingerprint density at radius 1 is 1.75 bits per heavy atom. The standard InChI is InChI=1S/C6H14NO/c1-4-5-7(3)6(2)8/h5-6,8H,4H2,1-3H3. The zero-order valence-corrected chi connectivity index (χ0v) is 5.76. The molecule has 0 aliphatic rings. The Kier molecular flexibility index (Phi) is 3.83. The predicted molar refractivity (Wildman–Crippen MR) is 34.0 cm³/mol. The summed E-state index contributed by atoms with van der Waals surface area (Å²) in [5.74, 6) is 0. The Morgan fingerprint density at radius 3 is 2.38 bits per heavy atom. The van der Waals surface area contributed by atoms with Crippen LogP contribution in [0.5, 0.6) is 0 Å². The first-order valence-corrected chi connectivity index (χ1v) is 2.91. The summed E-state index contributed by atoms with van der Waals surface area (Å²) in [5.41, 5.74) is 0. The topological polar surface area (TPSA) is 23.5 Å². The van der Waals surface area contributed by atoms with Gasteiger partial charge in [-0.15, -0.1) is 0 Å². The van der Waals surface area contributed by atoms with Crippen molar-refractivity contribution >= 4 is 0 Å². The van der Waals surface area contributed by atoms with Crippen molar-refractivity contribution in [3.8, 4) is 0 Å². The highest BCUT2D eigenvalue weighted by Crippen LogP contribution is 1.95. The largest absolute Gasteiger partial charge is 0.379 e. The van der Waals surface area contributed by atoms with Gasteiger partial charge in [-0.2, -0.15) is 0 Å². The molecule has 2 heteroatoms. The minimum Gasteiger partial charge on any atom is -0.379 e. The van der Waals surface area contributed by atoms with Crippen LogP contribution in [0.25, 0.3) is 0 Å². The van der Waals surface area contributed by atoms with Gasteiger partial charge in [-0.05, 0) is 20.4 Å². The molecule has 0 fully saturated rings. The van der Waals surface area contributed by atoms with Crippen LogP contribution in [0.15, 0.2) is 0 Å². The Balaban J connectivity index is 3.17.